The van der Waals surface area contributed by atoms with Crippen LogP contribution in [0.3, 0.4) is 0 Å². The topological polar surface area (TPSA) is 40.5 Å². The first-order valence-electron chi connectivity index (χ1n) is 6.53. The fraction of sp³-hybridized carbons (Fsp3) is 0.533. The van der Waals surface area contributed by atoms with Gasteiger partial charge >= 0.3 is 5.97 Å². The van der Waals surface area contributed by atoms with Crippen molar-refractivity contribution in [2.24, 2.45) is 5.41 Å². The van der Waals surface area contributed by atoms with Gasteiger partial charge in [-0.3, -0.25) is 4.79 Å². The molecule has 1 N–H and O–H groups in total. The third-order valence-corrected chi connectivity index (χ3v) is 4.00. The summed E-state index contributed by atoms with van der Waals surface area (Å²) >= 11 is 0. The minimum absolute atomic E-state index is 0.0367. The largest absolute Gasteiger partial charge is 0.481 e. The average Bonchev–Trinajstić information content (AvgIpc) is 2.30. The summed E-state index contributed by atoms with van der Waals surface area (Å²) in [5, 5.41) is 8.94. The maximum absolute atomic E-state index is 10.9. The second kappa shape index (κ2) is 5.01. The van der Waals surface area contributed by atoms with Gasteiger partial charge in [-0.15, -0.1) is 0 Å². The van der Waals surface area contributed by atoms with Crippen LogP contribution in [0.1, 0.15) is 31.7 Å². The van der Waals surface area contributed by atoms with E-state index in [1.165, 1.54) is 11.3 Å². The van der Waals surface area contributed by atoms with Crippen molar-refractivity contribution in [1.29, 1.82) is 0 Å². The third-order valence-electron chi connectivity index (χ3n) is 4.00. The monoisotopic (exact) mass is 247 g/mol. The summed E-state index contributed by atoms with van der Waals surface area (Å²) in [5.41, 5.74) is 2.54. The van der Waals surface area contributed by atoms with Gasteiger partial charge in [-0.1, -0.05) is 25.1 Å². The van der Waals surface area contributed by atoms with Gasteiger partial charge in [0, 0.05) is 18.8 Å². The molecule has 3 nitrogen and oxygen atoms in total. The lowest BCUT2D eigenvalue weighted by Crippen LogP contribution is -2.40. The molecule has 0 unspecified atom stereocenters. The van der Waals surface area contributed by atoms with Gasteiger partial charge in [-0.05, 0) is 36.8 Å². The molecule has 0 radical (unpaired) electrons. The van der Waals surface area contributed by atoms with E-state index in [-0.39, 0.29) is 11.8 Å². The second-order valence-electron chi connectivity index (χ2n) is 5.65. The first-order chi connectivity index (χ1) is 8.50. The molecule has 18 heavy (non-hydrogen) atoms. The van der Waals surface area contributed by atoms with Gasteiger partial charge in [0.05, 0.1) is 6.42 Å². The number of aryl methyl sites for hydroxylation is 1. The summed E-state index contributed by atoms with van der Waals surface area (Å²) in [6.07, 6.45) is 2.19. The zero-order valence-electron chi connectivity index (χ0n) is 11.1. The van der Waals surface area contributed by atoms with Gasteiger partial charge in [0.25, 0.3) is 0 Å². The Balaban J connectivity index is 2.03. The molecule has 1 aliphatic rings. The Morgan fingerprint density at radius 1 is 1.33 bits per heavy atom. The molecule has 1 fully saturated rings. The number of nitrogens with zero attached hydrogens (tertiary/aromatic N) is 1. The van der Waals surface area contributed by atoms with Crippen LogP contribution in [0.15, 0.2) is 24.3 Å². The molecular formula is C15H21NO2. The van der Waals surface area contributed by atoms with Crippen LogP contribution in [0.25, 0.3) is 0 Å². The number of carboxylic acid groups (broad SMARTS) is 1. The summed E-state index contributed by atoms with van der Waals surface area (Å²) < 4.78 is 0. The number of hydrogen-bond acceptors (Lipinski definition) is 2. The van der Waals surface area contributed by atoms with Crippen molar-refractivity contribution in [3.05, 3.63) is 29.8 Å². The minimum Gasteiger partial charge on any atom is -0.481 e. The van der Waals surface area contributed by atoms with E-state index in [9.17, 15) is 4.79 Å². The van der Waals surface area contributed by atoms with Crippen molar-refractivity contribution in [2.45, 2.75) is 33.1 Å². The van der Waals surface area contributed by atoms with Crippen LogP contribution >= 0.6 is 0 Å². The summed E-state index contributed by atoms with van der Waals surface area (Å²) in [5.74, 6) is -0.679. The van der Waals surface area contributed by atoms with Crippen LogP contribution in [0.2, 0.25) is 0 Å². The van der Waals surface area contributed by atoms with Gasteiger partial charge in [-0.25, -0.2) is 0 Å². The Labute approximate surface area is 108 Å². The van der Waals surface area contributed by atoms with E-state index in [0.29, 0.717) is 0 Å². The normalized spacial score (nSPS) is 18.7. The van der Waals surface area contributed by atoms with Crippen LogP contribution in [0, 0.1) is 12.3 Å². The Hall–Kier alpha value is -1.51. The number of para-hydroxylation sites is 1. The van der Waals surface area contributed by atoms with Gasteiger partial charge in [0.1, 0.15) is 0 Å². The summed E-state index contributed by atoms with van der Waals surface area (Å²) in [6.45, 7) is 6.12. The molecule has 98 valence electrons. The predicted molar refractivity (Wildman–Crippen MR) is 73.0 cm³/mol. The summed E-state index contributed by atoms with van der Waals surface area (Å²) in [6, 6.07) is 8.39. The number of benzene rings is 1. The Morgan fingerprint density at radius 2 is 1.94 bits per heavy atom. The third kappa shape index (κ3) is 2.84. The number of carbonyl (C=O) groups is 1. The predicted octanol–water partition coefficient (Wildman–Crippen LogP) is 3.08. The van der Waals surface area contributed by atoms with E-state index >= 15 is 0 Å². The number of piperidine rings is 1. The zero-order chi connectivity index (χ0) is 13.2. The van der Waals surface area contributed by atoms with Crippen LogP contribution in [0.4, 0.5) is 5.69 Å². The molecule has 0 bridgehead atoms. The summed E-state index contributed by atoms with van der Waals surface area (Å²) in [7, 11) is 0. The van der Waals surface area contributed by atoms with Crippen molar-refractivity contribution in [3.63, 3.8) is 0 Å². The standard InChI is InChI=1S/C15H21NO2/c1-12-5-3-4-6-13(12)16-9-7-15(2,8-10-16)11-14(17)18/h3-6H,7-11H2,1-2H3,(H,17,18). The molecule has 2 rings (SSSR count). The lowest BCUT2D eigenvalue weighted by atomic mass is 9.77. The van der Waals surface area contributed by atoms with Crippen molar-refractivity contribution < 1.29 is 9.90 Å². The number of carboxylic acids is 1. The molecule has 0 atom stereocenters. The van der Waals surface area contributed by atoms with Gasteiger partial charge in [0.2, 0.25) is 0 Å². The molecule has 1 saturated heterocycles. The maximum atomic E-state index is 10.9. The van der Waals surface area contributed by atoms with Gasteiger partial charge < -0.3 is 10.0 Å². The van der Waals surface area contributed by atoms with Crippen LogP contribution < -0.4 is 4.90 Å². The highest BCUT2D eigenvalue weighted by molar-refractivity contribution is 5.67. The molecule has 0 spiro atoms. The van der Waals surface area contributed by atoms with Crippen molar-refractivity contribution >= 4 is 11.7 Å². The SMILES string of the molecule is Cc1ccccc1N1CCC(C)(CC(=O)O)CC1. The number of anilines is 1. The first kappa shape index (κ1) is 12.9. The van der Waals surface area contributed by atoms with E-state index in [0.717, 1.165) is 25.9 Å². The Bertz CT molecular complexity index is 434. The van der Waals surface area contributed by atoms with Gasteiger partial charge in [-0.2, -0.15) is 0 Å². The van der Waals surface area contributed by atoms with Crippen molar-refractivity contribution in [3.8, 4) is 0 Å². The van der Waals surface area contributed by atoms with E-state index in [1.807, 2.05) is 0 Å². The molecule has 1 aromatic rings. The van der Waals surface area contributed by atoms with Crippen LogP contribution in [0.5, 0.6) is 0 Å². The maximum Gasteiger partial charge on any atom is 0.303 e. The Kier molecular flexibility index (Phi) is 3.60. The lowest BCUT2D eigenvalue weighted by Gasteiger charge is -2.40. The van der Waals surface area contributed by atoms with Crippen LogP contribution in [-0.4, -0.2) is 24.2 Å². The fourth-order valence-corrected chi connectivity index (χ4v) is 2.75. The van der Waals surface area contributed by atoms with E-state index in [4.69, 9.17) is 5.11 Å². The summed E-state index contributed by atoms with van der Waals surface area (Å²) in [4.78, 5) is 13.2. The number of rotatable bonds is 3. The smallest absolute Gasteiger partial charge is 0.303 e. The second-order valence-corrected chi connectivity index (χ2v) is 5.65. The van der Waals surface area contributed by atoms with E-state index in [2.05, 4.69) is 43.0 Å². The fourth-order valence-electron chi connectivity index (χ4n) is 2.75. The highest BCUT2D eigenvalue weighted by Crippen LogP contribution is 2.36. The molecule has 0 aliphatic carbocycles. The number of hydrogen-bond donors (Lipinski definition) is 1. The Morgan fingerprint density at radius 3 is 2.50 bits per heavy atom. The molecular weight excluding hydrogens is 226 g/mol. The van der Waals surface area contributed by atoms with Crippen molar-refractivity contribution in [1.82, 2.24) is 0 Å². The quantitative estimate of drug-likeness (QED) is 0.892. The molecule has 0 saturated carbocycles. The average molecular weight is 247 g/mol. The molecule has 0 aromatic heterocycles. The molecule has 0 amide bonds. The lowest BCUT2D eigenvalue weighted by molar-refractivity contribution is -0.139. The minimum atomic E-state index is -0.679. The molecule has 1 heterocycles. The zero-order valence-corrected chi connectivity index (χ0v) is 11.1. The molecule has 1 aromatic carbocycles. The highest BCUT2D eigenvalue weighted by atomic mass is 16.4. The highest BCUT2D eigenvalue weighted by Gasteiger charge is 2.32. The van der Waals surface area contributed by atoms with Gasteiger partial charge in [0.15, 0.2) is 0 Å². The van der Waals surface area contributed by atoms with E-state index in [1.54, 1.807) is 0 Å². The van der Waals surface area contributed by atoms with Crippen LogP contribution in [-0.2, 0) is 4.79 Å². The molecule has 3 heteroatoms. The first-order valence-corrected chi connectivity index (χ1v) is 6.53. The van der Waals surface area contributed by atoms with Crippen molar-refractivity contribution in [2.75, 3.05) is 18.0 Å². The molecule has 1 aliphatic heterocycles. The number of aliphatic carboxylic acids is 1. The van der Waals surface area contributed by atoms with E-state index < -0.39 is 5.97 Å².